The molecule has 1 unspecified atom stereocenters. The van der Waals surface area contributed by atoms with Crippen molar-refractivity contribution < 1.29 is 9.53 Å². The number of hydrogen-bond acceptors (Lipinski definition) is 3. The molecule has 1 saturated heterocycles. The minimum absolute atomic E-state index is 0.198. The van der Waals surface area contributed by atoms with E-state index in [2.05, 4.69) is 5.32 Å². The van der Waals surface area contributed by atoms with Gasteiger partial charge in [0.2, 0.25) is 5.91 Å². The fraction of sp³-hybridized carbons (Fsp3) is 0.917. The van der Waals surface area contributed by atoms with Gasteiger partial charge in [0.25, 0.3) is 0 Å². The SMILES string of the molecule is CN(CCC1COCCN1)C(=O)C(C)(C)C. The molecule has 0 spiro atoms. The van der Waals surface area contributed by atoms with Crippen molar-refractivity contribution in [3.63, 3.8) is 0 Å². The Bertz CT molecular complexity index is 230. The standard InChI is InChI=1S/C12H24N2O2/c1-12(2,3)11(15)14(4)7-5-10-9-16-8-6-13-10/h10,13H,5-9H2,1-4H3. The monoisotopic (exact) mass is 228 g/mol. The maximum absolute atomic E-state index is 11.9. The topological polar surface area (TPSA) is 41.6 Å². The van der Waals surface area contributed by atoms with Gasteiger partial charge in [0, 0.05) is 31.6 Å². The van der Waals surface area contributed by atoms with E-state index in [0.717, 1.165) is 32.7 Å². The number of hydrogen-bond donors (Lipinski definition) is 1. The van der Waals surface area contributed by atoms with E-state index >= 15 is 0 Å². The summed E-state index contributed by atoms with van der Waals surface area (Å²) in [4.78, 5) is 13.7. The lowest BCUT2D eigenvalue weighted by molar-refractivity contribution is -0.138. The molecule has 1 amide bonds. The third kappa shape index (κ3) is 4.10. The van der Waals surface area contributed by atoms with Gasteiger partial charge in [-0.3, -0.25) is 4.79 Å². The maximum Gasteiger partial charge on any atom is 0.227 e. The van der Waals surface area contributed by atoms with Crippen LogP contribution in [0.25, 0.3) is 0 Å². The van der Waals surface area contributed by atoms with Crippen molar-refractivity contribution in [2.24, 2.45) is 5.41 Å². The highest BCUT2D eigenvalue weighted by Gasteiger charge is 2.25. The number of rotatable bonds is 3. The second-order valence-corrected chi connectivity index (χ2v) is 5.49. The summed E-state index contributed by atoms with van der Waals surface area (Å²) in [6.07, 6.45) is 0.957. The van der Waals surface area contributed by atoms with Crippen LogP contribution in [0.15, 0.2) is 0 Å². The molecule has 4 nitrogen and oxygen atoms in total. The molecule has 4 heteroatoms. The Morgan fingerprint density at radius 2 is 2.19 bits per heavy atom. The summed E-state index contributed by atoms with van der Waals surface area (Å²) in [5.41, 5.74) is -0.286. The van der Waals surface area contributed by atoms with Gasteiger partial charge in [0.05, 0.1) is 13.2 Å². The van der Waals surface area contributed by atoms with Crippen molar-refractivity contribution in [2.45, 2.75) is 33.2 Å². The second kappa shape index (κ2) is 5.64. The highest BCUT2D eigenvalue weighted by atomic mass is 16.5. The third-order valence-corrected chi connectivity index (χ3v) is 2.80. The number of nitrogens with zero attached hydrogens (tertiary/aromatic N) is 1. The first-order valence-electron chi connectivity index (χ1n) is 5.98. The average Bonchev–Trinajstić information content (AvgIpc) is 2.25. The van der Waals surface area contributed by atoms with E-state index in [0.29, 0.717) is 6.04 Å². The molecule has 16 heavy (non-hydrogen) atoms. The molecule has 0 aromatic rings. The van der Waals surface area contributed by atoms with Crippen molar-refractivity contribution in [2.75, 3.05) is 33.4 Å². The van der Waals surface area contributed by atoms with Crippen molar-refractivity contribution in [3.8, 4) is 0 Å². The van der Waals surface area contributed by atoms with Crippen molar-refractivity contribution in [1.29, 1.82) is 0 Å². The quantitative estimate of drug-likeness (QED) is 0.779. The summed E-state index contributed by atoms with van der Waals surface area (Å²) in [6, 6.07) is 0.393. The summed E-state index contributed by atoms with van der Waals surface area (Å²) in [6.45, 7) is 9.12. The zero-order valence-corrected chi connectivity index (χ0v) is 10.9. The summed E-state index contributed by atoms with van der Waals surface area (Å²) >= 11 is 0. The van der Waals surface area contributed by atoms with E-state index in [1.165, 1.54) is 0 Å². The lowest BCUT2D eigenvalue weighted by Gasteiger charge is -2.29. The summed E-state index contributed by atoms with van der Waals surface area (Å²) in [5, 5.41) is 3.39. The van der Waals surface area contributed by atoms with Gasteiger partial charge in [0.1, 0.15) is 0 Å². The van der Waals surface area contributed by atoms with Gasteiger partial charge >= 0.3 is 0 Å². The molecule has 1 N–H and O–H groups in total. The molecule has 94 valence electrons. The van der Waals surface area contributed by atoms with Gasteiger partial charge in [-0.15, -0.1) is 0 Å². The van der Waals surface area contributed by atoms with Gasteiger partial charge < -0.3 is 15.0 Å². The summed E-state index contributed by atoms with van der Waals surface area (Å²) < 4.78 is 5.38. The van der Waals surface area contributed by atoms with Gasteiger partial charge in [-0.25, -0.2) is 0 Å². The maximum atomic E-state index is 11.9. The second-order valence-electron chi connectivity index (χ2n) is 5.49. The van der Waals surface area contributed by atoms with Crippen molar-refractivity contribution in [3.05, 3.63) is 0 Å². The van der Waals surface area contributed by atoms with Crippen LogP contribution in [0.5, 0.6) is 0 Å². The van der Waals surface area contributed by atoms with Crippen LogP contribution in [0, 0.1) is 5.41 Å². The Morgan fingerprint density at radius 1 is 1.50 bits per heavy atom. The Kier molecular flexibility index (Phi) is 4.74. The van der Waals surface area contributed by atoms with E-state index in [-0.39, 0.29) is 11.3 Å². The fourth-order valence-electron chi connectivity index (χ4n) is 1.83. The molecule has 0 aromatic heterocycles. The third-order valence-electron chi connectivity index (χ3n) is 2.80. The predicted molar refractivity (Wildman–Crippen MR) is 64.3 cm³/mol. The minimum atomic E-state index is -0.286. The van der Waals surface area contributed by atoms with Gasteiger partial charge in [0.15, 0.2) is 0 Å². The average molecular weight is 228 g/mol. The molecule has 1 heterocycles. The lowest BCUT2D eigenvalue weighted by atomic mass is 9.95. The largest absolute Gasteiger partial charge is 0.379 e. The predicted octanol–water partition coefficient (Wildman–Crippen LogP) is 0.869. The van der Waals surface area contributed by atoms with Crippen LogP contribution in [0.3, 0.4) is 0 Å². The van der Waals surface area contributed by atoms with Crippen LogP contribution in [0.1, 0.15) is 27.2 Å². The van der Waals surface area contributed by atoms with E-state index < -0.39 is 0 Å². The van der Waals surface area contributed by atoms with E-state index in [4.69, 9.17) is 4.74 Å². The first-order valence-corrected chi connectivity index (χ1v) is 5.98. The molecule has 1 atom stereocenters. The molecule has 0 aromatic carbocycles. The summed E-state index contributed by atoms with van der Waals surface area (Å²) in [5.74, 6) is 0.198. The van der Waals surface area contributed by atoms with Crippen LogP contribution < -0.4 is 5.32 Å². The molecule has 1 aliphatic heterocycles. The van der Waals surface area contributed by atoms with Gasteiger partial charge in [-0.05, 0) is 6.42 Å². The molecular weight excluding hydrogens is 204 g/mol. The Morgan fingerprint density at radius 3 is 2.69 bits per heavy atom. The van der Waals surface area contributed by atoms with Crippen LogP contribution in [0.4, 0.5) is 0 Å². The molecule has 0 saturated carbocycles. The minimum Gasteiger partial charge on any atom is -0.379 e. The van der Waals surface area contributed by atoms with E-state index in [1.54, 1.807) is 0 Å². The number of ether oxygens (including phenoxy) is 1. The normalized spacial score (nSPS) is 21.9. The molecular formula is C12H24N2O2. The van der Waals surface area contributed by atoms with Crippen LogP contribution in [-0.2, 0) is 9.53 Å². The van der Waals surface area contributed by atoms with Crippen LogP contribution in [-0.4, -0.2) is 50.2 Å². The Labute approximate surface area is 98.3 Å². The molecule has 0 aliphatic carbocycles. The molecule has 0 radical (unpaired) electrons. The van der Waals surface area contributed by atoms with Gasteiger partial charge in [-0.2, -0.15) is 0 Å². The van der Waals surface area contributed by atoms with Crippen LogP contribution >= 0.6 is 0 Å². The fourth-order valence-corrected chi connectivity index (χ4v) is 1.83. The van der Waals surface area contributed by atoms with Gasteiger partial charge in [-0.1, -0.05) is 20.8 Å². The molecule has 0 bridgehead atoms. The Hall–Kier alpha value is -0.610. The zero-order chi connectivity index (χ0) is 12.2. The number of amides is 1. The highest BCUT2D eigenvalue weighted by molar-refractivity contribution is 5.81. The first kappa shape index (κ1) is 13.5. The van der Waals surface area contributed by atoms with Crippen LogP contribution in [0.2, 0.25) is 0 Å². The smallest absolute Gasteiger partial charge is 0.227 e. The van der Waals surface area contributed by atoms with E-state index in [1.807, 2.05) is 32.7 Å². The number of nitrogens with one attached hydrogen (secondary N) is 1. The molecule has 1 rings (SSSR count). The lowest BCUT2D eigenvalue weighted by Crippen LogP contribution is -2.44. The number of morpholine rings is 1. The molecule has 1 aliphatic rings. The Balaban J connectivity index is 2.28. The first-order chi connectivity index (χ1) is 7.41. The number of carbonyl (C=O) groups excluding carboxylic acids is 1. The summed E-state index contributed by atoms with van der Waals surface area (Å²) in [7, 11) is 1.87. The van der Waals surface area contributed by atoms with E-state index in [9.17, 15) is 4.79 Å². The van der Waals surface area contributed by atoms with Crippen molar-refractivity contribution in [1.82, 2.24) is 10.2 Å². The number of carbonyl (C=O) groups is 1. The molecule has 1 fully saturated rings. The highest BCUT2D eigenvalue weighted by Crippen LogP contribution is 2.16. The zero-order valence-electron chi connectivity index (χ0n) is 10.9. The van der Waals surface area contributed by atoms with Crippen molar-refractivity contribution >= 4 is 5.91 Å².